The van der Waals surface area contributed by atoms with Gasteiger partial charge in [-0.2, -0.15) is 0 Å². The van der Waals surface area contributed by atoms with Gasteiger partial charge in [-0.3, -0.25) is 4.79 Å². The van der Waals surface area contributed by atoms with E-state index in [-0.39, 0.29) is 0 Å². The van der Waals surface area contributed by atoms with Crippen LogP contribution < -0.4 is 0 Å². The summed E-state index contributed by atoms with van der Waals surface area (Å²) in [5.74, 6) is -1.50. The molecule has 1 saturated heterocycles. The lowest BCUT2D eigenvalue weighted by Crippen LogP contribution is -2.51. The monoisotopic (exact) mass is 200 g/mol. The zero-order valence-corrected chi connectivity index (χ0v) is 8.96. The molecule has 0 saturated carbocycles. The van der Waals surface area contributed by atoms with Gasteiger partial charge in [-0.25, -0.2) is 4.79 Å². The Morgan fingerprint density at radius 3 is 2.36 bits per heavy atom. The minimum absolute atomic E-state index is 0.427. The fourth-order valence-electron chi connectivity index (χ4n) is 2.11. The Kier molecular flexibility index (Phi) is 2.34. The van der Waals surface area contributed by atoms with E-state index in [9.17, 15) is 9.59 Å². The molecular formula is C10H16O4. The Balaban J connectivity index is 2.96. The second-order valence-electron chi connectivity index (χ2n) is 5.17. The van der Waals surface area contributed by atoms with Crippen LogP contribution in [0.25, 0.3) is 0 Å². The quantitative estimate of drug-likeness (QED) is 0.650. The Morgan fingerprint density at radius 2 is 1.93 bits per heavy atom. The molecule has 1 aliphatic rings. The van der Waals surface area contributed by atoms with E-state index in [1.54, 1.807) is 27.7 Å². The third kappa shape index (κ3) is 1.74. The standard InChI is InChI=1S/C10H16O4/c1-9(2)5-10(3,4)8(13)14-6(9)7(11)12/h6H,5H2,1-4H3,(H,11,12)/t6-/m1/s1. The van der Waals surface area contributed by atoms with E-state index < -0.39 is 28.9 Å². The van der Waals surface area contributed by atoms with Gasteiger partial charge in [0.1, 0.15) is 0 Å². The largest absolute Gasteiger partial charge is 0.478 e. The third-order valence-electron chi connectivity index (χ3n) is 2.61. The Bertz CT molecular complexity index is 278. The van der Waals surface area contributed by atoms with Gasteiger partial charge in [-0.05, 0) is 20.3 Å². The molecule has 0 radical (unpaired) electrons. The van der Waals surface area contributed by atoms with Crippen molar-refractivity contribution in [3.8, 4) is 0 Å². The molecule has 1 aliphatic heterocycles. The van der Waals surface area contributed by atoms with Crippen LogP contribution in [0.5, 0.6) is 0 Å². The third-order valence-corrected chi connectivity index (χ3v) is 2.61. The highest BCUT2D eigenvalue weighted by atomic mass is 16.6. The van der Waals surface area contributed by atoms with Gasteiger partial charge in [0.05, 0.1) is 5.41 Å². The van der Waals surface area contributed by atoms with E-state index in [0.717, 1.165) is 0 Å². The molecule has 0 amide bonds. The average molecular weight is 200 g/mol. The summed E-state index contributed by atoms with van der Waals surface area (Å²) in [6.07, 6.45) is -0.501. The van der Waals surface area contributed by atoms with Gasteiger partial charge in [0.25, 0.3) is 0 Å². The van der Waals surface area contributed by atoms with Crippen LogP contribution >= 0.6 is 0 Å². The number of hydrogen-bond donors (Lipinski definition) is 1. The lowest BCUT2D eigenvalue weighted by atomic mass is 9.70. The van der Waals surface area contributed by atoms with Crippen molar-refractivity contribution in [3.05, 3.63) is 0 Å². The van der Waals surface area contributed by atoms with E-state index >= 15 is 0 Å². The zero-order valence-electron chi connectivity index (χ0n) is 8.96. The lowest BCUT2D eigenvalue weighted by Gasteiger charge is -2.42. The second-order valence-corrected chi connectivity index (χ2v) is 5.17. The number of carboxylic acids is 1. The van der Waals surface area contributed by atoms with Gasteiger partial charge >= 0.3 is 11.9 Å². The van der Waals surface area contributed by atoms with Gasteiger partial charge in [0, 0.05) is 5.41 Å². The van der Waals surface area contributed by atoms with Gasteiger partial charge in [0.15, 0.2) is 0 Å². The summed E-state index contributed by atoms with van der Waals surface area (Å²) in [5.41, 5.74) is -1.10. The Labute approximate surface area is 83.2 Å². The van der Waals surface area contributed by atoms with Crippen LogP contribution in [0.1, 0.15) is 34.1 Å². The highest BCUT2D eigenvalue weighted by molar-refractivity contribution is 5.83. The number of esters is 1. The molecule has 0 aromatic heterocycles. The molecule has 0 aromatic carbocycles. The van der Waals surface area contributed by atoms with E-state index in [1.807, 2.05) is 0 Å². The predicted octanol–water partition coefficient (Wildman–Crippen LogP) is 1.44. The number of carbonyl (C=O) groups is 2. The highest BCUT2D eigenvalue weighted by Crippen LogP contribution is 2.43. The topological polar surface area (TPSA) is 63.6 Å². The number of cyclic esters (lactones) is 1. The number of hydrogen-bond acceptors (Lipinski definition) is 3. The lowest BCUT2D eigenvalue weighted by molar-refractivity contribution is -0.192. The summed E-state index contributed by atoms with van der Waals surface area (Å²) in [6, 6.07) is 0. The minimum atomic E-state index is -1.07. The first kappa shape index (κ1) is 11.0. The van der Waals surface area contributed by atoms with Crippen LogP contribution in [0.3, 0.4) is 0 Å². The number of carbonyl (C=O) groups excluding carboxylic acids is 1. The number of ether oxygens (including phenoxy) is 1. The summed E-state index contributed by atoms with van der Waals surface area (Å²) < 4.78 is 4.94. The van der Waals surface area contributed by atoms with E-state index in [1.165, 1.54) is 0 Å². The average Bonchev–Trinajstić information content (AvgIpc) is 1.93. The minimum Gasteiger partial charge on any atom is -0.478 e. The molecule has 80 valence electrons. The van der Waals surface area contributed by atoms with Crippen molar-refractivity contribution in [2.45, 2.75) is 40.2 Å². The van der Waals surface area contributed by atoms with Gasteiger partial charge in [-0.15, -0.1) is 0 Å². The van der Waals surface area contributed by atoms with Crippen LogP contribution in [-0.4, -0.2) is 23.1 Å². The molecule has 0 aromatic rings. The molecule has 1 heterocycles. The maximum atomic E-state index is 11.4. The van der Waals surface area contributed by atoms with Crippen molar-refractivity contribution in [2.24, 2.45) is 10.8 Å². The maximum absolute atomic E-state index is 11.4. The van der Waals surface area contributed by atoms with Crippen molar-refractivity contribution in [2.75, 3.05) is 0 Å². The van der Waals surface area contributed by atoms with Crippen molar-refractivity contribution < 1.29 is 19.4 Å². The van der Waals surface area contributed by atoms with Gasteiger partial charge in [0.2, 0.25) is 6.10 Å². The fraction of sp³-hybridized carbons (Fsp3) is 0.800. The van der Waals surface area contributed by atoms with Gasteiger partial charge < -0.3 is 9.84 Å². The molecule has 1 fully saturated rings. The summed E-state index contributed by atoms with van der Waals surface area (Å²) in [4.78, 5) is 22.3. The first-order valence-electron chi connectivity index (χ1n) is 4.61. The van der Waals surface area contributed by atoms with Gasteiger partial charge in [-0.1, -0.05) is 13.8 Å². The normalized spacial score (nSPS) is 29.4. The molecule has 4 nitrogen and oxygen atoms in total. The molecule has 1 rings (SSSR count). The smallest absolute Gasteiger partial charge is 0.345 e. The van der Waals surface area contributed by atoms with E-state index in [4.69, 9.17) is 9.84 Å². The molecule has 0 bridgehead atoms. The predicted molar refractivity (Wildman–Crippen MR) is 49.7 cm³/mol. The SMILES string of the molecule is CC1(C)CC(C)(C)[C@@H](C(=O)O)OC1=O. The maximum Gasteiger partial charge on any atom is 0.345 e. The highest BCUT2D eigenvalue weighted by Gasteiger charge is 2.50. The fourth-order valence-corrected chi connectivity index (χ4v) is 2.11. The molecule has 0 spiro atoms. The molecular weight excluding hydrogens is 184 g/mol. The number of carboxylic acid groups (broad SMARTS) is 1. The molecule has 1 N–H and O–H groups in total. The molecule has 4 heteroatoms. The van der Waals surface area contributed by atoms with Crippen LogP contribution in [0.2, 0.25) is 0 Å². The van der Waals surface area contributed by atoms with Crippen LogP contribution in [0.15, 0.2) is 0 Å². The summed E-state index contributed by atoms with van der Waals surface area (Å²) in [7, 11) is 0. The zero-order chi connectivity index (χ0) is 11.1. The van der Waals surface area contributed by atoms with Crippen LogP contribution in [0, 0.1) is 10.8 Å². The summed E-state index contributed by atoms with van der Waals surface area (Å²) in [6.45, 7) is 7.16. The van der Waals surface area contributed by atoms with Crippen molar-refractivity contribution in [1.29, 1.82) is 0 Å². The molecule has 14 heavy (non-hydrogen) atoms. The first-order chi connectivity index (χ1) is 6.17. The summed E-state index contributed by atoms with van der Waals surface area (Å²) >= 11 is 0. The molecule has 0 aliphatic carbocycles. The van der Waals surface area contributed by atoms with Crippen LogP contribution in [0.4, 0.5) is 0 Å². The molecule has 1 atom stereocenters. The Hall–Kier alpha value is -1.06. The van der Waals surface area contributed by atoms with Crippen LogP contribution in [-0.2, 0) is 14.3 Å². The molecule has 0 unspecified atom stereocenters. The van der Waals surface area contributed by atoms with Crippen molar-refractivity contribution >= 4 is 11.9 Å². The second kappa shape index (κ2) is 2.97. The van der Waals surface area contributed by atoms with E-state index in [2.05, 4.69) is 0 Å². The number of rotatable bonds is 1. The summed E-state index contributed by atoms with van der Waals surface area (Å²) in [5, 5.41) is 8.88. The van der Waals surface area contributed by atoms with E-state index in [0.29, 0.717) is 6.42 Å². The van der Waals surface area contributed by atoms with Crippen molar-refractivity contribution in [1.82, 2.24) is 0 Å². The van der Waals surface area contributed by atoms with Crippen molar-refractivity contribution in [3.63, 3.8) is 0 Å². The Morgan fingerprint density at radius 1 is 1.43 bits per heavy atom. The number of aliphatic carboxylic acids is 1. The first-order valence-corrected chi connectivity index (χ1v) is 4.61.